The molecule has 1 atom stereocenters. The summed E-state index contributed by atoms with van der Waals surface area (Å²) in [6.07, 6.45) is 0.454. The molecule has 7 heteroatoms. The van der Waals surface area contributed by atoms with E-state index in [1.54, 1.807) is 0 Å². The quantitative estimate of drug-likeness (QED) is 0.521. The Kier molecular flexibility index (Phi) is 5.45. The molecule has 110 valence electrons. The molecule has 0 spiro atoms. The average molecular weight is 282 g/mol. The lowest BCUT2D eigenvalue weighted by molar-refractivity contribution is -0.384. The van der Waals surface area contributed by atoms with Crippen molar-refractivity contribution >= 4 is 17.3 Å². The van der Waals surface area contributed by atoms with Gasteiger partial charge in [0.25, 0.3) is 5.69 Å². The van der Waals surface area contributed by atoms with Crippen LogP contribution in [0.4, 0.5) is 11.4 Å². The molecule has 7 nitrogen and oxygen atoms in total. The molecule has 0 saturated carbocycles. The van der Waals surface area contributed by atoms with E-state index >= 15 is 0 Å². The number of nitro benzene ring substituents is 1. The van der Waals surface area contributed by atoms with Crippen molar-refractivity contribution in [3.8, 4) is 0 Å². The van der Waals surface area contributed by atoms with Gasteiger partial charge in [-0.2, -0.15) is 0 Å². The number of aliphatic hydroxyl groups excluding tert-OH is 1. The molecule has 3 N–H and O–H groups in total. The van der Waals surface area contributed by atoms with Crippen LogP contribution in [0.3, 0.4) is 0 Å². The number of aliphatic hydroxyl groups is 1. The van der Waals surface area contributed by atoms with Gasteiger partial charge in [0.1, 0.15) is 5.69 Å². The zero-order chi connectivity index (χ0) is 15.3. The summed E-state index contributed by atoms with van der Waals surface area (Å²) in [6, 6.07) is 3.60. The maximum atomic E-state index is 11.0. The first-order valence-electron chi connectivity index (χ1n) is 6.26. The number of hydrogen-bond acceptors (Lipinski definition) is 5. The van der Waals surface area contributed by atoms with Gasteiger partial charge in [0.15, 0.2) is 0 Å². The average Bonchev–Trinajstić information content (AvgIpc) is 2.37. The van der Waals surface area contributed by atoms with Crippen molar-refractivity contribution in [2.24, 2.45) is 5.92 Å². The number of hydrogen-bond donors (Lipinski definition) is 3. The number of nitrogens with one attached hydrogen (secondary N) is 1. The van der Waals surface area contributed by atoms with E-state index in [2.05, 4.69) is 5.32 Å². The largest absolute Gasteiger partial charge is 0.478 e. The van der Waals surface area contributed by atoms with Gasteiger partial charge in [-0.3, -0.25) is 10.1 Å². The number of carboxylic acids is 1. The van der Waals surface area contributed by atoms with Crippen molar-refractivity contribution in [2.45, 2.75) is 26.3 Å². The molecule has 0 aliphatic carbocycles. The molecule has 0 fully saturated rings. The summed E-state index contributed by atoms with van der Waals surface area (Å²) in [5, 5.41) is 31.9. The summed E-state index contributed by atoms with van der Waals surface area (Å²) in [7, 11) is 0. The highest BCUT2D eigenvalue weighted by atomic mass is 16.6. The van der Waals surface area contributed by atoms with Gasteiger partial charge in [0.05, 0.1) is 10.5 Å². The van der Waals surface area contributed by atoms with Gasteiger partial charge < -0.3 is 15.5 Å². The Morgan fingerprint density at radius 2 is 2.10 bits per heavy atom. The predicted molar refractivity (Wildman–Crippen MR) is 74.0 cm³/mol. The van der Waals surface area contributed by atoms with E-state index in [1.807, 2.05) is 13.8 Å². The Bertz CT molecular complexity index is 502. The second kappa shape index (κ2) is 6.85. The molecule has 1 aromatic carbocycles. The summed E-state index contributed by atoms with van der Waals surface area (Å²) < 4.78 is 0. The van der Waals surface area contributed by atoms with Crippen molar-refractivity contribution in [1.82, 2.24) is 0 Å². The van der Waals surface area contributed by atoms with E-state index in [-0.39, 0.29) is 35.5 Å². The normalized spacial score (nSPS) is 12.2. The molecule has 0 bridgehead atoms. The number of carboxylic acid groups (broad SMARTS) is 1. The summed E-state index contributed by atoms with van der Waals surface area (Å²) in [5.41, 5.74) is -0.161. The van der Waals surface area contributed by atoms with E-state index in [1.165, 1.54) is 12.1 Å². The number of nitrogens with zero attached hydrogens (tertiary/aromatic N) is 1. The summed E-state index contributed by atoms with van der Waals surface area (Å²) >= 11 is 0. The molecule has 0 radical (unpaired) electrons. The zero-order valence-electron chi connectivity index (χ0n) is 11.4. The third kappa shape index (κ3) is 3.92. The summed E-state index contributed by atoms with van der Waals surface area (Å²) in [5.74, 6) is -1.05. The standard InChI is InChI=1S/C13H18N2O5/c1-8(2)10(5-6-16)14-11-4-3-9(13(17)18)7-12(11)15(19)20/h3-4,7-8,10,14,16H,5-6H2,1-2H3,(H,17,18). The molecular weight excluding hydrogens is 264 g/mol. The Balaban J connectivity index is 3.10. The van der Waals surface area contributed by atoms with Crippen LogP contribution < -0.4 is 5.32 Å². The molecule has 0 aliphatic rings. The minimum atomic E-state index is -1.21. The van der Waals surface area contributed by atoms with Crippen LogP contribution in [0.25, 0.3) is 0 Å². The number of carbonyl (C=O) groups is 1. The highest BCUT2D eigenvalue weighted by molar-refractivity contribution is 5.89. The van der Waals surface area contributed by atoms with Crippen LogP contribution >= 0.6 is 0 Å². The molecule has 1 aromatic rings. The molecule has 20 heavy (non-hydrogen) atoms. The maximum Gasteiger partial charge on any atom is 0.335 e. The molecule has 0 saturated heterocycles. The summed E-state index contributed by atoms with van der Waals surface area (Å²) in [4.78, 5) is 21.3. The lowest BCUT2D eigenvalue weighted by atomic mass is 10.0. The van der Waals surface area contributed by atoms with E-state index in [9.17, 15) is 14.9 Å². The Hall–Kier alpha value is -2.15. The predicted octanol–water partition coefficient (Wildman–Crippen LogP) is 2.11. The Labute approximate surface area is 116 Å². The number of anilines is 1. The van der Waals surface area contributed by atoms with E-state index < -0.39 is 10.9 Å². The van der Waals surface area contributed by atoms with Crippen LogP contribution in [0, 0.1) is 16.0 Å². The Morgan fingerprint density at radius 1 is 1.45 bits per heavy atom. The number of benzene rings is 1. The molecule has 0 amide bonds. The van der Waals surface area contributed by atoms with Crippen molar-refractivity contribution in [1.29, 1.82) is 0 Å². The van der Waals surface area contributed by atoms with E-state index in [4.69, 9.17) is 10.2 Å². The number of aromatic carboxylic acids is 1. The third-order valence-corrected chi connectivity index (χ3v) is 3.03. The van der Waals surface area contributed by atoms with Crippen LogP contribution in [-0.4, -0.2) is 33.8 Å². The van der Waals surface area contributed by atoms with Gasteiger partial charge in [-0.15, -0.1) is 0 Å². The van der Waals surface area contributed by atoms with Gasteiger partial charge in [0, 0.05) is 18.7 Å². The molecule has 0 aromatic heterocycles. The van der Waals surface area contributed by atoms with Crippen LogP contribution in [-0.2, 0) is 0 Å². The van der Waals surface area contributed by atoms with Crippen molar-refractivity contribution in [2.75, 3.05) is 11.9 Å². The van der Waals surface area contributed by atoms with Crippen molar-refractivity contribution in [3.63, 3.8) is 0 Å². The van der Waals surface area contributed by atoms with Crippen LogP contribution in [0.5, 0.6) is 0 Å². The maximum absolute atomic E-state index is 11.0. The van der Waals surface area contributed by atoms with Crippen LogP contribution in [0.15, 0.2) is 18.2 Å². The molecule has 0 heterocycles. The zero-order valence-corrected chi connectivity index (χ0v) is 11.4. The van der Waals surface area contributed by atoms with Gasteiger partial charge in [-0.1, -0.05) is 13.8 Å². The first-order valence-corrected chi connectivity index (χ1v) is 6.26. The third-order valence-electron chi connectivity index (χ3n) is 3.03. The van der Waals surface area contributed by atoms with Crippen molar-refractivity contribution < 1.29 is 19.9 Å². The lowest BCUT2D eigenvalue weighted by Gasteiger charge is -2.22. The molecule has 1 rings (SSSR count). The van der Waals surface area contributed by atoms with Gasteiger partial charge >= 0.3 is 5.97 Å². The smallest absolute Gasteiger partial charge is 0.335 e. The molecular formula is C13H18N2O5. The topological polar surface area (TPSA) is 113 Å². The fourth-order valence-corrected chi connectivity index (χ4v) is 1.85. The van der Waals surface area contributed by atoms with Gasteiger partial charge in [0.2, 0.25) is 0 Å². The fraction of sp³-hybridized carbons (Fsp3) is 0.462. The fourth-order valence-electron chi connectivity index (χ4n) is 1.85. The van der Waals surface area contributed by atoms with Gasteiger partial charge in [-0.25, -0.2) is 4.79 Å². The highest BCUT2D eigenvalue weighted by Gasteiger charge is 2.21. The SMILES string of the molecule is CC(C)C(CCO)Nc1ccc(C(=O)O)cc1[N+](=O)[O-]. The van der Waals surface area contributed by atoms with E-state index in [0.717, 1.165) is 6.07 Å². The number of rotatable bonds is 7. The van der Waals surface area contributed by atoms with Crippen molar-refractivity contribution in [3.05, 3.63) is 33.9 Å². The second-order valence-electron chi connectivity index (χ2n) is 4.80. The minimum absolute atomic E-state index is 0.0309. The number of nitro groups is 1. The molecule has 1 unspecified atom stereocenters. The van der Waals surface area contributed by atoms with E-state index in [0.29, 0.717) is 6.42 Å². The Morgan fingerprint density at radius 3 is 2.55 bits per heavy atom. The second-order valence-corrected chi connectivity index (χ2v) is 4.80. The van der Waals surface area contributed by atoms with Crippen LogP contribution in [0.2, 0.25) is 0 Å². The highest BCUT2D eigenvalue weighted by Crippen LogP contribution is 2.27. The summed E-state index contributed by atoms with van der Waals surface area (Å²) in [6.45, 7) is 3.84. The monoisotopic (exact) mass is 282 g/mol. The lowest BCUT2D eigenvalue weighted by Crippen LogP contribution is -2.27. The first kappa shape index (κ1) is 15.9. The minimum Gasteiger partial charge on any atom is -0.478 e. The van der Waals surface area contributed by atoms with Crippen LogP contribution in [0.1, 0.15) is 30.6 Å². The molecule has 0 aliphatic heterocycles. The van der Waals surface area contributed by atoms with Gasteiger partial charge in [-0.05, 0) is 24.5 Å². The first-order chi connectivity index (χ1) is 9.36.